The molecule has 0 spiro atoms. The Morgan fingerprint density at radius 3 is 2.55 bits per heavy atom. The van der Waals surface area contributed by atoms with Crippen LogP contribution in [0.1, 0.15) is 58.3 Å². The predicted molar refractivity (Wildman–Crippen MR) is 82.8 cm³/mol. The average Bonchev–Trinajstić information content (AvgIpc) is 3.24. The van der Waals surface area contributed by atoms with Crippen LogP contribution in [0.25, 0.3) is 0 Å². The Bertz CT molecular complexity index is 310. The molecule has 2 unspecified atom stereocenters. The normalized spacial score (nSPS) is 37.2. The van der Waals surface area contributed by atoms with E-state index in [1.807, 2.05) is 0 Å². The summed E-state index contributed by atoms with van der Waals surface area (Å²) in [5, 5.41) is 13.5. The maximum absolute atomic E-state index is 9.68. The van der Waals surface area contributed by atoms with Crippen molar-refractivity contribution in [3.8, 4) is 0 Å². The lowest BCUT2D eigenvalue weighted by atomic mass is 9.69. The van der Waals surface area contributed by atoms with Crippen molar-refractivity contribution in [3.63, 3.8) is 0 Å². The van der Waals surface area contributed by atoms with Gasteiger partial charge in [0.25, 0.3) is 0 Å². The van der Waals surface area contributed by atoms with Crippen molar-refractivity contribution in [2.24, 2.45) is 11.3 Å². The van der Waals surface area contributed by atoms with E-state index in [1.54, 1.807) is 0 Å². The highest BCUT2D eigenvalue weighted by Crippen LogP contribution is 2.40. The zero-order valence-electron chi connectivity index (χ0n) is 13.1. The van der Waals surface area contributed by atoms with Crippen LogP contribution < -0.4 is 5.32 Å². The molecule has 1 saturated heterocycles. The van der Waals surface area contributed by atoms with Crippen molar-refractivity contribution in [1.82, 2.24) is 10.2 Å². The van der Waals surface area contributed by atoms with Crippen molar-refractivity contribution in [2.45, 2.75) is 70.4 Å². The van der Waals surface area contributed by atoms with Gasteiger partial charge in [-0.3, -0.25) is 0 Å². The molecule has 3 nitrogen and oxygen atoms in total. The van der Waals surface area contributed by atoms with E-state index in [1.165, 1.54) is 51.6 Å². The summed E-state index contributed by atoms with van der Waals surface area (Å²) in [6.07, 6.45) is 10.3. The molecule has 116 valence electrons. The molecule has 1 heterocycles. The van der Waals surface area contributed by atoms with Crippen LogP contribution in [0.2, 0.25) is 0 Å². The number of aliphatic hydroxyl groups excluding tert-OH is 1. The molecule has 0 aromatic carbocycles. The summed E-state index contributed by atoms with van der Waals surface area (Å²) < 4.78 is 0. The molecule has 1 aliphatic heterocycles. The molecule has 2 aliphatic carbocycles. The molecule has 3 fully saturated rings. The highest BCUT2D eigenvalue weighted by molar-refractivity contribution is 4.93. The van der Waals surface area contributed by atoms with Gasteiger partial charge >= 0.3 is 0 Å². The number of nitrogens with zero attached hydrogens (tertiary/aromatic N) is 1. The summed E-state index contributed by atoms with van der Waals surface area (Å²) in [6.45, 7) is 7.11. The Hall–Kier alpha value is -0.120. The first-order chi connectivity index (χ1) is 9.65. The maximum Gasteiger partial charge on any atom is 0.0564 e. The highest BCUT2D eigenvalue weighted by atomic mass is 16.3. The van der Waals surface area contributed by atoms with Crippen LogP contribution in [-0.2, 0) is 0 Å². The molecule has 3 aliphatic rings. The third-order valence-corrected chi connectivity index (χ3v) is 5.64. The lowest BCUT2D eigenvalue weighted by molar-refractivity contribution is 0.0339. The Morgan fingerprint density at radius 1 is 1.15 bits per heavy atom. The molecule has 2 atom stereocenters. The minimum atomic E-state index is -0.0444. The van der Waals surface area contributed by atoms with Crippen LogP contribution in [0.15, 0.2) is 0 Å². The fourth-order valence-corrected chi connectivity index (χ4v) is 4.33. The number of likely N-dealkylation sites (tertiary alicyclic amines) is 1. The topological polar surface area (TPSA) is 35.5 Å². The lowest BCUT2D eigenvalue weighted by Crippen LogP contribution is -2.49. The van der Waals surface area contributed by atoms with Gasteiger partial charge < -0.3 is 15.3 Å². The molecule has 2 N–H and O–H groups in total. The van der Waals surface area contributed by atoms with Crippen molar-refractivity contribution < 1.29 is 5.11 Å². The van der Waals surface area contributed by atoms with Gasteiger partial charge in [0.1, 0.15) is 0 Å². The Labute approximate surface area is 124 Å². The highest BCUT2D eigenvalue weighted by Gasteiger charge is 2.38. The zero-order chi connectivity index (χ0) is 14.0. The summed E-state index contributed by atoms with van der Waals surface area (Å²) in [7, 11) is 0. The second-order valence-corrected chi connectivity index (χ2v) is 7.86. The first-order valence-electron chi connectivity index (χ1n) is 8.79. The van der Waals surface area contributed by atoms with Crippen LogP contribution >= 0.6 is 0 Å². The molecule has 3 rings (SSSR count). The third-order valence-electron chi connectivity index (χ3n) is 5.64. The number of rotatable bonds is 5. The van der Waals surface area contributed by atoms with Gasteiger partial charge in [-0.25, -0.2) is 0 Å². The predicted octanol–water partition coefficient (Wildman–Crippen LogP) is 2.39. The molecule has 0 aromatic rings. The summed E-state index contributed by atoms with van der Waals surface area (Å²) in [5.74, 6) is 0.889. The van der Waals surface area contributed by atoms with Crippen molar-refractivity contribution in [1.29, 1.82) is 0 Å². The van der Waals surface area contributed by atoms with E-state index >= 15 is 0 Å². The first kappa shape index (κ1) is 14.8. The maximum atomic E-state index is 9.68. The first-order valence-corrected chi connectivity index (χ1v) is 8.79. The van der Waals surface area contributed by atoms with Gasteiger partial charge in [-0.15, -0.1) is 0 Å². The average molecular weight is 280 g/mol. The molecule has 0 radical (unpaired) electrons. The Kier molecular flexibility index (Phi) is 4.68. The molecular formula is C17H32N2O. The molecule has 2 saturated carbocycles. The van der Waals surface area contributed by atoms with E-state index in [-0.39, 0.29) is 6.10 Å². The fourth-order valence-electron chi connectivity index (χ4n) is 4.33. The number of piperidine rings is 1. The molecule has 0 aromatic heterocycles. The molecular weight excluding hydrogens is 248 g/mol. The summed E-state index contributed by atoms with van der Waals surface area (Å²) in [4.78, 5) is 2.62. The number of aliphatic hydroxyl groups is 1. The number of nitrogens with one attached hydrogen (secondary N) is 1. The van der Waals surface area contributed by atoms with Crippen LogP contribution in [0.5, 0.6) is 0 Å². The molecule has 3 heteroatoms. The second kappa shape index (κ2) is 6.33. The smallest absolute Gasteiger partial charge is 0.0564 e. The van der Waals surface area contributed by atoms with Gasteiger partial charge in [0.15, 0.2) is 0 Å². The molecule has 20 heavy (non-hydrogen) atoms. The van der Waals surface area contributed by atoms with Gasteiger partial charge in [-0.05, 0) is 49.9 Å². The van der Waals surface area contributed by atoms with E-state index in [4.69, 9.17) is 0 Å². The minimum Gasteiger partial charge on any atom is -0.393 e. The quantitative estimate of drug-likeness (QED) is 0.812. The monoisotopic (exact) mass is 280 g/mol. The SMILES string of the molecule is CC1CCCC(CNC2CC2)(CN2CCC(O)CC2)C1. The Balaban J connectivity index is 1.58. The van der Waals surface area contributed by atoms with Crippen LogP contribution in [-0.4, -0.2) is 48.3 Å². The van der Waals surface area contributed by atoms with E-state index in [0.29, 0.717) is 5.41 Å². The van der Waals surface area contributed by atoms with E-state index < -0.39 is 0 Å². The van der Waals surface area contributed by atoms with E-state index in [0.717, 1.165) is 37.9 Å². The second-order valence-electron chi connectivity index (χ2n) is 7.86. The standard InChI is InChI=1S/C17H32N2O/c1-14-3-2-8-17(11-14,12-18-15-4-5-15)13-19-9-6-16(20)7-10-19/h14-16,18,20H,2-13H2,1H3. The van der Waals surface area contributed by atoms with Gasteiger partial charge in [0, 0.05) is 32.2 Å². The largest absolute Gasteiger partial charge is 0.393 e. The summed E-state index contributed by atoms with van der Waals surface area (Å²) in [6, 6.07) is 0.826. The van der Waals surface area contributed by atoms with Crippen LogP contribution in [0, 0.1) is 11.3 Å². The van der Waals surface area contributed by atoms with Gasteiger partial charge in [0.05, 0.1) is 6.10 Å². The fraction of sp³-hybridized carbons (Fsp3) is 1.00. The van der Waals surface area contributed by atoms with Crippen molar-refractivity contribution in [3.05, 3.63) is 0 Å². The van der Waals surface area contributed by atoms with Crippen molar-refractivity contribution in [2.75, 3.05) is 26.2 Å². The third kappa shape index (κ3) is 3.96. The molecule has 0 bridgehead atoms. The summed E-state index contributed by atoms with van der Waals surface area (Å²) in [5.41, 5.74) is 0.503. The van der Waals surface area contributed by atoms with Crippen molar-refractivity contribution >= 4 is 0 Å². The summed E-state index contributed by atoms with van der Waals surface area (Å²) >= 11 is 0. The Morgan fingerprint density at radius 2 is 1.90 bits per heavy atom. The number of hydrogen-bond acceptors (Lipinski definition) is 3. The lowest BCUT2D eigenvalue weighted by Gasteiger charge is -2.45. The van der Waals surface area contributed by atoms with Crippen LogP contribution in [0.4, 0.5) is 0 Å². The van der Waals surface area contributed by atoms with E-state index in [2.05, 4.69) is 17.1 Å². The van der Waals surface area contributed by atoms with Gasteiger partial charge in [-0.1, -0.05) is 19.8 Å². The van der Waals surface area contributed by atoms with Gasteiger partial charge in [-0.2, -0.15) is 0 Å². The molecule has 0 amide bonds. The zero-order valence-corrected chi connectivity index (χ0v) is 13.1. The number of hydrogen-bond donors (Lipinski definition) is 2. The van der Waals surface area contributed by atoms with Crippen LogP contribution in [0.3, 0.4) is 0 Å². The minimum absolute atomic E-state index is 0.0444. The van der Waals surface area contributed by atoms with E-state index in [9.17, 15) is 5.11 Å². The van der Waals surface area contributed by atoms with Gasteiger partial charge in [0.2, 0.25) is 0 Å².